The Morgan fingerprint density at radius 1 is 1.33 bits per heavy atom. The fourth-order valence-electron chi connectivity index (χ4n) is 1.68. The van der Waals surface area contributed by atoms with Gasteiger partial charge >= 0.3 is 12.0 Å². The van der Waals surface area contributed by atoms with Crippen molar-refractivity contribution < 1.29 is 14.7 Å². The molecule has 7 nitrogen and oxygen atoms in total. The highest BCUT2D eigenvalue weighted by Gasteiger charge is 2.17. The van der Waals surface area contributed by atoms with Crippen molar-refractivity contribution in [3.05, 3.63) is 36.0 Å². The normalized spacial score (nSPS) is 10.1. The number of benzene rings is 1. The van der Waals surface area contributed by atoms with Gasteiger partial charge in [0.25, 0.3) is 0 Å². The Morgan fingerprint density at radius 3 is 2.62 bits per heavy atom. The van der Waals surface area contributed by atoms with E-state index in [1.807, 2.05) is 19.1 Å². The van der Waals surface area contributed by atoms with Crippen LogP contribution < -0.4 is 10.2 Å². The van der Waals surface area contributed by atoms with Crippen LogP contribution in [0, 0.1) is 6.92 Å². The lowest BCUT2D eigenvalue weighted by Gasteiger charge is -2.22. The number of amides is 2. The minimum Gasteiger partial charge on any atom is -0.481 e. The number of carboxylic acid groups (broad SMARTS) is 1. The maximum atomic E-state index is 12.3. The first-order chi connectivity index (χ1) is 10.1. The second-order valence-electron chi connectivity index (χ2n) is 4.34. The minimum absolute atomic E-state index is 0.0798. The molecule has 2 rings (SSSR count). The molecule has 1 heterocycles. The van der Waals surface area contributed by atoms with Crippen LogP contribution in [0.3, 0.4) is 0 Å². The highest BCUT2D eigenvalue weighted by atomic mass is 32.1. The van der Waals surface area contributed by atoms with Gasteiger partial charge in [-0.3, -0.25) is 15.0 Å². The monoisotopic (exact) mass is 306 g/mol. The molecular weight excluding hydrogens is 292 g/mol. The van der Waals surface area contributed by atoms with E-state index in [4.69, 9.17) is 5.11 Å². The van der Waals surface area contributed by atoms with Crippen LogP contribution in [0.4, 0.5) is 15.5 Å². The zero-order valence-electron chi connectivity index (χ0n) is 11.3. The summed E-state index contributed by atoms with van der Waals surface area (Å²) in [6, 6.07) is 6.88. The Kier molecular flexibility index (Phi) is 4.83. The molecule has 0 radical (unpaired) electrons. The number of hydrogen-bond acceptors (Lipinski definition) is 5. The number of carboxylic acids is 1. The minimum atomic E-state index is -0.959. The second kappa shape index (κ2) is 6.80. The van der Waals surface area contributed by atoms with Gasteiger partial charge in [0.05, 0.1) is 12.6 Å². The Labute approximate surface area is 125 Å². The number of nitrogens with one attached hydrogen (secondary N) is 1. The number of carbonyl (C=O) groups excluding carboxylic acids is 1. The van der Waals surface area contributed by atoms with Crippen LogP contribution in [0.15, 0.2) is 30.5 Å². The van der Waals surface area contributed by atoms with Gasteiger partial charge in [-0.1, -0.05) is 22.2 Å². The van der Waals surface area contributed by atoms with Crippen LogP contribution in [-0.4, -0.2) is 33.2 Å². The molecule has 8 heteroatoms. The van der Waals surface area contributed by atoms with Crippen molar-refractivity contribution in [1.29, 1.82) is 0 Å². The van der Waals surface area contributed by atoms with Crippen molar-refractivity contribution >= 4 is 34.2 Å². The topological polar surface area (TPSA) is 95.4 Å². The SMILES string of the molecule is Cc1ccc(N(CCC(=O)O)C(=O)Nc2cnns2)cc1. The average molecular weight is 306 g/mol. The number of hydrogen-bond donors (Lipinski definition) is 2. The van der Waals surface area contributed by atoms with Gasteiger partial charge in [-0.05, 0) is 19.1 Å². The third-order valence-electron chi connectivity index (χ3n) is 2.73. The highest BCUT2D eigenvalue weighted by Crippen LogP contribution is 2.18. The standard InChI is InChI=1S/C13H14N4O3S/c1-9-2-4-10(5-3-9)17(7-6-12(18)19)13(20)15-11-8-14-16-21-11/h2-5,8H,6-7H2,1H3,(H,15,20)(H,18,19). The maximum absolute atomic E-state index is 12.3. The number of carbonyl (C=O) groups is 2. The van der Waals surface area contributed by atoms with Gasteiger partial charge < -0.3 is 5.11 Å². The van der Waals surface area contributed by atoms with E-state index in [1.165, 1.54) is 11.1 Å². The van der Waals surface area contributed by atoms with Crippen molar-refractivity contribution in [2.45, 2.75) is 13.3 Å². The Hall–Kier alpha value is -2.48. The van der Waals surface area contributed by atoms with E-state index >= 15 is 0 Å². The molecule has 110 valence electrons. The van der Waals surface area contributed by atoms with Gasteiger partial charge in [0.15, 0.2) is 0 Å². The molecule has 1 aromatic heterocycles. The molecule has 0 unspecified atom stereocenters. The van der Waals surface area contributed by atoms with Gasteiger partial charge in [-0.25, -0.2) is 4.79 Å². The molecule has 0 atom stereocenters. The number of anilines is 2. The molecule has 21 heavy (non-hydrogen) atoms. The molecule has 0 saturated heterocycles. The first kappa shape index (κ1) is 14.9. The van der Waals surface area contributed by atoms with E-state index in [9.17, 15) is 9.59 Å². The van der Waals surface area contributed by atoms with Crippen LogP contribution >= 0.6 is 11.5 Å². The zero-order chi connectivity index (χ0) is 15.2. The number of rotatable bonds is 5. The van der Waals surface area contributed by atoms with Crippen LogP contribution in [0.25, 0.3) is 0 Å². The number of aliphatic carboxylic acids is 1. The summed E-state index contributed by atoms with van der Waals surface area (Å²) in [6.07, 6.45) is 1.30. The largest absolute Gasteiger partial charge is 0.481 e. The van der Waals surface area contributed by atoms with Gasteiger partial charge in [-0.15, -0.1) is 5.10 Å². The number of urea groups is 1. The summed E-state index contributed by atoms with van der Waals surface area (Å²) >= 11 is 1.05. The summed E-state index contributed by atoms with van der Waals surface area (Å²) in [5, 5.41) is 15.6. The predicted molar refractivity (Wildman–Crippen MR) is 79.7 cm³/mol. The molecule has 2 amide bonds. The number of aromatic nitrogens is 2. The first-order valence-electron chi connectivity index (χ1n) is 6.20. The molecule has 0 spiro atoms. The molecule has 0 bridgehead atoms. The van der Waals surface area contributed by atoms with Crippen molar-refractivity contribution in [3.8, 4) is 0 Å². The first-order valence-corrected chi connectivity index (χ1v) is 6.98. The Balaban J connectivity index is 2.16. The van der Waals surface area contributed by atoms with Gasteiger partial charge in [0.1, 0.15) is 5.00 Å². The van der Waals surface area contributed by atoms with Crippen molar-refractivity contribution in [1.82, 2.24) is 9.59 Å². The summed E-state index contributed by atoms with van der Waals surface area (Å²) in [5.74, 6) is -0.959. The fraction of sp³-hybridized carbons (Fsp3) is 0.231. The maximum Gasteiger partial charge on any atom is 0.327 e. The molecule has 0 fully saturated rings. The van der Waals surface area contributed by atoms with Crippen molar-refractivity contribution in [2.24, 2.45) is 0 Å². The smallest absolute Gasteiger partial charge is 0.327 e. The average Bonchev–Trinajstić information content (AvgIpc) is 2.93. The Bertz CT molecular complexity index is 613. The van der Waals surface area contributed by atoms with Gasteiger partial charge in [-0.2, -0.15) is 0 Å². The van der Waals surface area contributed by atoms with E-state index in [2.05, 4.69) is 14.9 Å². The molecular formula is C13H14N4O3S. The molecule has 0 aliphatic heterocycles. The van der Waals surface area contributed by atoms with Crippen LogP contribution in [0.1, 0.15) is 12.0 Å². The number of aryl methyl sites for hydroxylation is 1. The summed E-state index contributed by atoms with van der Waals surface area (Å²) in [6.45, 7) is 2.02. The summed E-state index contributed by atoms with van der Waals surface area (Å²) in [7, 11) is 0. The van der Waals surface area contributed by atoms with Crippen molar-refractivity contribution in [2.75, 3.05) is 16.8 Å². The molecule has 1 aromatic carbocycles. The third-order valence-corrected chi connectivity index (χ3v) is 3.31. The van der Waals surface area contributed by atoms with Crippen LogP contribution in [-0.2, 0) is 4.79 Å². The molecule has 2 aromatic rings. The quantitative estimate of drug-likeness (QED) is 0.884. The Morgan fingerprint density at radius 2 is 2.05 bits per heavy atom. The van der Waals surface area contributed by atoms with Gasteiger partial charge in [0.2, 0.25) is 0 Å². The van der Waals surface area contributed by atoms with Gasteiger partial charge in [0, 0.05) is 23.8 Å². The highest BCUT2D eigenvalue weighted by molar-refractivity contribution is 7.10. The lowest BCUT2D eigenvalue weighted by molar-refractivity contribution is -0.136. The lowest BCUT2D eigenvalue weighted by Crippen LogP contribution is -2.36. The fourth-order valence-corrected chi connectivity index (χ4v) is 2.08. The molecule has 0 saturated carbocycles. The van der Waals surface area contributed by atoms with Crippen LogP contribution in [0.5, 0.6) is 0 Å². The van der Waals surface area contributed by atoms with E-state index in [0.717, 1.165) is 17.1 Å². The van der Waals surface area contributed by atoms with E-state index in [0.29, 0.717) is 10.7 Å². The van der Waals surface area contributed by atoms with Crippen LogP contribution in [0.2, 0.25) is 0 Å². The summed E-state index contributed by atoms with van der Waals surface area (Å²) < 4.78 is 3.66. The van der Waals surface area contributed by atoms with Crippen molar-refractivity contribution in [3.63, 3.8) is 0 Å². The van der Waals surface area contributed by atoms with E-state index in [1.54, 1.807) is 12.1 Å². The predicted octanol–water partition coefficient (Wildman–Crippen LogP) is 2.36. The zero-order valence-corrected chi connectivity index (χ0v) is 12.1. The third kappa shape index (κ3) is 4.25. The second-order valence-corrected chi connectivity index (χ2v) is 5.13. The summed E-state index contributed by atoms with van der Waals surface area (Å²) in [5.41, 5.74) is 1.70. The lowest BCUT2D eigenvalue weighted by atomic mass is 10.2. The molecule has 0 aliphatic carbocycles. The number of nitrogens with zero attached hydrogens (tertiary/aromatic N) is 3. The summed E-state index contributed by atoms with van der Waals surface area (Å²) in [4.78, 5) is 24.4. The van der Waals surface area contributed by atoms with E-state index in [-0.39, 0.29) is 13.0 Å². The molecule has 0 aliphatic rings. The van der Waals surface area contributed by atoms with E-state index < -0.39 is 12.0 Å². The molecule has 2 N–H and O–H groups in total.